The van der Waals surface area contributed by atoms with E-state index in [4.69, 9.17) is 23.2 Å². The van der Waals surface area contributed by atoms with E-state index in [1.807, 2.05) is 54.6 Å². The van der Waals surface area contributed by atoms with Crippen LogP contribution >= 0.6 is 23.2 Å². The molecule has 0 aliphatic rings. The minimum absolute atomic E-state index is 0. The van der Waals surface area contributed by atoms with Gasteiger partial charge in [-0.25, -0.2) is 13.9 Å². The number of rotatable bonds is 4. The second-order valence-corrected chi connectivity index (χ2v) is 8.04. The largest absolute Gasteiger partial charge is 0.350 e. The van der Waals surface area contributed by atoms with Crippen LogP contribution in [0, 0.1) is 5.92 Å². The van der Waals surface area contributed by atoms with Crippen LogP contribution in [0.5, 0.6) is 0 Å². The molecule has 4 aromatic rings. The molecule has 2 aromatic carbocycles. The van der Waals surface area contributed by atoms with Crippen molar-refractivity contribution in [3.63, 3.8) is 0 Å². The van der Waals surface area contributed by atoms with Gasteiger partial charge in [-0.15, -0.1) is 5.10 Å². The molecule has 6 heteroatoms. The lowest BCUT2D eigenvalue weighted by Gasteiger charge is -2.11. The molecule has 2 heterocycles. The number of fused-ring (bicyclic) bond motifs is 1. The smallest absolute Gasteiger partial charge is 0.250 e. The van der Waals surface area contributed by atoms with Crippen molar-refractivity contribution in [1.82, 2.24) is 14.2 Å². The lowest BCUT2D eigenvalue weighted by atomic mass is 9.96. The molecule has 0 spiro atoms. The molecule has 4 nitrogen and oxygen atoms in total. The van der Waals surface area contributed by atoms with Crippen LogP contribution in [0.25, 0.3) is 27.9 Å². The Morgan fingerprint density at radius 3 is 2.00 bits per heavy atom. The first-order valence-corrected chi connectivity index (χ1v) is 9.83. The highest BCUT2D eigenvalue weighted by atomic mass is 35.5. The predicted molar refractivity (Wildman–Crippen MR) is 122 cm³/mol. The zero-order valence-electron chi connectivity index (χ0n) is 15.6. The third-order valence-corrected chi connectivity index (χ3v) is 5.08. The van der Waals surface area contributed by atoms with Crippen molar-refractivity contribution in [2.45, 2.75) is 27.8 Å². The van der Waals surface area contributed by atoms with Gasteiger partial charge in [0.15, 0.2) is 5.65 Å². The SMILES string of the molecule is C.CC(C)Cn1nc2c(-c3ccc(Cl)cc3)c(-c3ccc(Cl)cc3)ccn2c1=O. The van der Waals surface area contributed by atoms with Crippen molar-refractivity contribution in [3.05, 3.63) is 81.3 Å². The van der Waals surface area contributed by atoms with E-state index in [0.29, 0.717) is 28.2 Å². The summed E-state index contributed by atoms with van der Waals surface area (Å²) in [6.07, 6.45) is 1.78. The molecule has 0 unspecified atom stereocenters. The zero-order chi connectivity index (χ0) is 19.8. The topological polar surface area (TPSA) is 39.3 Å². The summed E-state index contributed by atoms with van der Waals surface area (Å²) in [5.41, 5.74) is 4.31. The van der Waals surface area contributed by atoms with E-state index in [1.54, 1.807) is 10.6 Å². The second kappa shape index (κ2) is 8.44. The van der Waals surface area contributed by atoms with Gasteiger partial charge in [-0.3, -0.25) is 0 Å². The number of nitrogens with zero attached hydrogens (tertiary/aromatic N) is 3. The van der Waals surface area contributed by atoms with Gasteiger partial charge in [-0.2, -0.15) is 0 Å². The van der Waals surface area contributed by atoms with E-state index >= 15 is 0 Å². The van der Waals surface area contributed by atoms with E-state index < -0.39 is 0 Å². The molecule has 0 radical (unpaired) electrons. The van der Waals surface area contributed by atoms with Gasteiger partial charge < -0.3 is 0 Å². The van der Waals surface area contributed by atoms with Gasteiger partial charge >= 0.3 is 5.69 Å². The van der Waals surface area contributed by atoms with E-state index in [0.717, 1.165) is 22.3 Å². The first kappa shape index (κ1) is 21.2. The van der Waals surface area contributed by atoms with Crippen molar-refractivity contribution in [3.8, 4) is 22.3 Å². The fourth-order valence-corrected chi connectivity index (χ4v) is 3.57. The average molecular weight is 428 g/mol. The van der Waals surface area contributed by atoms with Gasteiger partial charge in [0, 0.05) is 28.4 Å². The summed E-state index contributed by atoms with van der Waals surface area (Å²) in [6, 6.07) is 17.2. The summed E-state index contributed by atoms with van der Waals surface area (Å²) in [4.78, 5) is 12.8. The van der Waals surface area contributed by atoms with Crippen LogP contribution in [0.2, 0.25) is 10.0 Å². The van der Waals surface area contributed by atoms with Gasteiger partial charge in [0.25, 0.3) is 0 Å². The van der Waals surface area contributed by atoms with Crippen LogP contribution in [-0.2, 0) is 6.54 Å². The second-order valence-electron chi connectivity index (χ2n) is 7.17. The van der Waals surface area contributed by atoms with Gasteiger partial charge in [0.2, 0.25) is 0 Å². The Bertz CT molecular complexity index is 1190. The number of aromatic nitrogens is 3. The maximum atomic E-state index is 12.8. The molecule has 2 aromatic heterocycles. The first-order chi connectivity index (χ1) is 13.4. The molecular weight excluding hydrogens is 405 g/mol. The minimum atomic E-state index is -0.137. The molecule has 29 heavy (non-hydrogen) atoms. The predicted octanol–water partition coefficient (Wildman–Crippen LogP) is 6.43. The van der Waals surface area contributed by atoms with Gasteiger partial charge in [-0.1, -0.05) is 68.7 Å². The molecule has 0 fully saturated rings. The highest BCUT2D eigenvalue weighted by Crippen LogP contribution is 2.35. The van der Waals surface area contributed by atoms with Crippen LogP contribution in [0.4, 0.5) is 0 Å². The van der Waals surface area contributed by atoms with Crippen molar-refractivity contribution in [2.75, 3.05) is 0 Å². The maximum absolute atomic E-state index is 12.8. The van der Waals surface area contributed by atoms with Gasteiger partial charge in [-0.05, 0) is 52.9 Å². The number of hydrogen-bond acceptors (Lipinski definition) is 2. The molecule has 0 aliphatic heterocycles. The Hall–Kier alpha value is -2.56. The Labute approximate surface area is 180 Å². The van der Waals surface area contributed by atoms with Crippen LogP contribution in [0.15, 0.2) is 65.6 Å². The van der Waals surface area contributed by atoms with Crippen LogP contribution in [0.1, 0.15) is 21.3 Å². The number of pyridine rings is 1. The minimum Gasteiger partial charge on any atom is -0.250 e. The fraction of sp³-hybridized carbons (Fsp3) is 0.217. The van der Waals surface area contributed by atoms with E-state index in [1.165, 1.54) is 4.68 Å². The van der Waals surface area contributed by atoms with E-state index in [9.17, 15) is 4.79 Å². The molecule has 0 aliphatic carbocycles. The molecule has 0 amide bonds. The molecule has 0 N–H and O–H groups in total. The zero-order valence-corrected chi connectivity index (χ0v) is 17.1. The van der Waals surface area contributed by atoms with Crippen molar-refractivity contribution in [2.24, 2.45) is 5.92 Å². The van der Waals surface area contributed by atoms with Crippen LogP contribution in [-0.4, -0.2) is 14.2 Å². The lowest BCUT2D eigenvalue weighted by molar-refractivity contribution is 0.471. The molecule has 0 saturated heterocycles. The summed E-state index contributed by atoms with van der Waals surface area (Å²) >= 11 is 12.2. The summed E-state index contributed by atoms with van der Waals surface area (Å²) in [5.74, 6) is 0.317. The van der Waals surface area contributed by atoms with Crippen LogP contribution in [0.3, 0.4) is 0 Å². The molecular formula is C23H23Cl2N3O. The molecule has 150 valence electrons. The lowest BCUT2D eigenvalue weighted by Crippen LogP contribution is -2.23. The highest BCUT2D eigenvalue weighted by molar-refractivity contribution is 6.31. The highest BCUT2D eigenvalue weighted by Gasteiger charge is 2.18. The number of hydrogen-bond donors (Lipinski definition) is 0. The summed E-state index contributed by atoms with van der Waals surface area (Å²) in [5, 5.41) is 6.00. The Kier molecular flexibility index (Phi) is 6.15. The van der Waals surface area contributed by atoms with Gasteiger partial charge in [0.1, 0.15) is 0 Å². The number of benzene rings is 2. The monoisotopic (exact) mass is 427 g/mol. The Morgan fingerprint density at radius 2 is 1.45 bits per heavy atom. The maximum Gasteiger partial charge on any atom is 0.350 e. The van der Waals surface area contributed by atoms with E-state index in [2.05, 4.69) is 18.9 Å². The molecule has 4 rings (SSSR count). The van der Waals surface area contributed by atoms with E-state index in [-0.39, 0.29) is 13.1 Å². The van der Waals surface area contributed by atoms with Crippen molar-refractivity contribution >= 4 is 28.8 Å². The molecule has 0 saturated carbocycles. The normalized spacial score (nSPS) is 11.1. The Balaban J connectivity index is 0.00000240. The van der Waals surface area contributed by atoms with Crippen LogP contribution < -0.4 is 5.69 Å². The Morgan fingerprint density at radius 1 is 0.897 bits per heavy atom. The third kappa shape index (κ3) is 4.09. The van der Waals surface area contributed by atoms with Crippen molar-refractivity contribution < 1.29 is 0 Å². The quantitative estimate of drug-likeness (QED) is 0.376. The molecule has 0 atom stereocenters. The first-order valence-electron chi connectivity index (χ1n) is 9.08. The standard InChI is InChI=1S/C22H19Cl2N3O.CH4/c1-14(2)13-27-22(28)26-12-11-19(15-3-7-17(23)8-4-15)20(21(26)25-27)16-5-9-18(24)10-6-16;/h3-12,14H,13H2,1-2H3;1H4. The summed E-state index contributed by atoms with van der Waals surface area (Å²) in [6.45, 7) is 4.70. The van der Waals surface area contributed by atoms with Crippen molar-refractivity contribution in [1.29, 1.82) is 0 Å². The average Bonchev–Trinajstić information content (AvgIpc) is 2.98. The third-order valence-electron chi connectivity index (χ3n) is 4.58. The summed E-state index contributed by atoms with van der Waals surface area (Å²) < 4.78 is 3.14. The number of halogens is 2. The summed E-state index contributed by atoms with van der Waals surface area (Å²) in [7, 11) is 0. The molecule has 0 bridgehead atoms. The fourth-order valence-electron chi connectivity index (χ4n) is 3.31. The van der Waals surface area contributed by atoms with Gasteiger partial charge in [0.05, 0.1) is 0 Å².